The highest BCUT2D eigenvalue weighted by molar-refractivity contribution is 9.10. The zero-order valence-electron chi connectivity index (χ0n) is 12.7. The first-order valence-corrected chi connectivity index (χ1v) is 8.32. The Balaban J connectivity index is 1.56. The highest BCUT2D eigenvalue weighted by Crippen LogP contribution is 2.25. The van der Waals surface area contributed by atoms with Gasteiger partial charge in [0, 0.05) is 17.6 Å². The van der Waals surface area contributed by atoms with Crippen molar-refractivity contribution < 1.29 is 23.1 Å². The number of carbonyl (C=O) groups excluding carboxylic acids is 2. The summed E-state index contributed by atoms with van der Waals surface area (Å²) in [5, 5.41) is 0. The lowest BCUT2D eigenvalue weighted by Gasteiger charge is -2.30. The Morgan fingerprint density at radius 2 is 2.00 bits per heavy atom. The van der Waals surface area contributed by atoms with Gasteiger partial charge >= 0.3 is 5.97 Å². The van der Waals surface area contributed by atoms with E-state index in [2.05, 4.69) is 15.9 Å². The Labute approximate surface area is 146 Å². The molecule has 0 atom stereocenters. The summed E-state index contributed by atoms with van der Waals surface area (Å²) < 4.78 is 24.4. The minimum Gasteiger partial charge on any atom is -0.472 e. The highest BCUT2D eigenvalue weighted by Gasteiger charge is 2.29. The number of esters is 1. The van der Waals surface area contributed by atoms with Crippen LogP contribution in [-0.4, -0.2) is 29.9 Å². The van der Waals surface area contributed by atoms with Gasteiger partial charge in [0.25, 0.3) is 5.91 Å². The predicted molar refractivity (Wildman–Crippen MR) is 87.1 cm³/mol. The van der Waals surface area contributed by atoms with Gasteiger partial charge in [-0.1, -0.05) is 15.9 Å². The highest BCUT2D eigenvalue weighted by atomic mass is 79.9. The zero-order valence-corrected chi connectivity index (χ0v) is 14.3. The Morgan fingerprint density at radius 1 is 1.25 bits per heavy atom. The van der Waals surface area contributed by atoms with E-state index in [1.165, 1.54) is 24.7 Å². The Kier molecular flexibility index (Phi) is 4.99. The minimum absolute atomic E-state index is 0.0832. The molecule has 7 heteroatoms. The quantitative estimate of drug-likeness (QED) is 0.587. The molecule has 1 saturated heterocycles. The largest absolute Gasteiger partial charge is 0.472 e. The summed E-state index contributed by atoms with van der Waals surface area (Å²) >= 11 is 3.15. The van der Waals surface area contributed by atoms with Crippen LogP contribution < -0.4 is 4.74 Å². The van der Waals surface area contributed by atoms with Crippen LogP contribution >= 0.6 is 15.9 Å². The van der Waals surface area contributed by atoms with E-state index in [1.54, 1.807) is 17.0 Å². The fraction of sp³-hybridized carbons (Fsp3) is 0.294. The second-order valence-corrected chi connectivity index (χ2v) is 6.49. The smallest absolute Gasteiger partial charge is 0.314 e. The van der Waals surface area contributed by atoms with E-state index in [0.717, 1.165) is 0 Å². The summed E-state index contributed by atoms with van der Waals surface area (Å²) in [5.41, 5.74) is 0.493. The van der Waals surface area contributed by atoms with Gasteiger partial charge in [-0.2, -0.15) is 0 Å². The zero-order chi connectivity index (χ0) is 17.1. The third-order valence-electron chi connectivity index (χ3n) is 3.99. The van der Waals surface area contributed by atoms with E-state index in [1.807, 2.05) is 0 Å². The second kappa shape index (κ2) is 7.17. The molecular weight excluding hydrogens is 381 g/mol. The fourth-order valence-corrected chi connectivity index (χ4v) is 2.97. The first-order valence-electron chi connectivity index (χ1n) is 7.53. The van der Waals surface area contributed by atoms with Gasteiger partial charge in [0.15, 0.2) is 11.6 Å². The molecule has 0 radical (unpaired) electrons. The predicted octanol–water partition coefficient (Wildman–Crippen LogP) is 3.64. The number of nitrogens with zero attached hydrogens (tertiary/aromatic N) is 1. The average molecular weight is 396 g/mol. The van der Waals surface area contributed by atoms with Crippen molar-refractivity contribution in [2.75, 3.05) is 13.1 Å². The van der Waals surface area contributed by atoms with Gasteiger partial charge < -0.3 is 14.1 Å². The van der Waals surface area contributed by atoms with Crippen LogP contribution in [0.2, 0.25) is 0 Å². The number of furan rings is 1. The lowest BCUT2D eigenvalue weighted by molar-refractivity contribution is -0.140. The van der Waals surface area contributed by atoms with Gasteiger partial charge in [0.05, 0.1) is 17.7 Å². The molecule has 1 fully saturated rings. The normalized spacial score (nSPS) is 15.3. The molecule has 0 N–H and O–H groups in total. The van der Waals surface area contributed by atoms with E-state index in [-0.39, 0.29) is 17.6 Å². The molecule has 2 heterocycles. The Hall–Kier alpha value is -2.15. The standard InChI is InChI=1S/C17H15BrFNO4/c18-13-1-2-15(14(19)9-13)24-17(22)11-3-6-20(7-4-11)16(21)12-5-8-23-10-12/h1-2,5,8-11H,3-4,6-7H2. The molecular formula is C17H15BrFNO4. The molecule has 5 nitrogen and oxygen atoms in total. The summed E-state index contributed by atoms with van der Waals surface area (Å²) in [5.74, 6) is -1.60. The molecule has 0 aliphatic carbocycles. The maximum Gasteiger partial charge on any atom is 0.314 e. The van der Waals surface area contributed by atoms with Crippen molar-refractivity contribution in [3.8, 4) is 5.75 Å². The maximum atomic E-state index is 13.7. The van der Waals surface area contributed by atoms with Crippen LogP contribution in [0, 0.1) is 11.7 Å². The molecule has 1 aliphatic rings. The summed E-state index contributed by atoms with van der Waals surface area (Å²) in [6.07, 6.45) is 3.82. The van der Waals surface area contributed by atoms with Crippen molar-refractivity contribution >= 4 is 27.8 Å². The molecule has 24 heavy (non-hydrogen) atoms. The fourth-order valence-electron chi connectivity index (χ4n) is 2.64. The molecule has 1 amide bonds. The number of ether oxygens (including phenoxy) is 1. The van der Waals surface area contributed by atoms with E-state index in [4.69, 9.17) is 9.15 Å². The van der Waals surface area contributed by atoms with Gasteiger partial charge in [-0.25, -0.2) is 4.39 Å². The number of rotatable bonds is 3. The average Bonchev–Trinajstić information content (AvgIpc) is 3.11. The number of halogens is 2. The number of benzene rings is 1. The topological polar surface area (TPSA) is 59.8 Å². The first kappa shape index (κ1) is 16.7. The van der Waals surface area contributed by atoms with Gasteiger partial charge in [-0.3, -0.25) is 9.59 Å². The van der Waals surface area contributed by atoms with Crippen LogP contribution in [0.25, 0.3) is 0 Å². The van der Waals surface area contributed by atoms with Crippen LogP contribution in [0.4, 0.5) is 4.39 Å². The molecule has 0 bridgehead atoms. The second-order valence-electron chi connectivity index (χ2n) is 5.57. The first-order chi connectivity index (χ1) is 11.5. The Morgan fingerprint density at radius 3 is 2.62 bits per heavy atom. The number of piperidine rings is 1. The molecule has 0 saturated carbocycles. The molecule has 1 aliphatic heterocycles. The van der Waals surface area contributed by atoms with E-state index in [9.17, 15) is 14.0 Å². The van der Waals surface area contributed by atoms with Crippen molar-refractivity contribution in [2.45, 2.75) is 12.8 Å². The van der Waals surface area contributed by atoms with Gasteiger partial charge in [-0.15, -0.1) is 0 Å². The van der Waals surface area contributed by atoms with Gasteiger partial charge in [0.1, 0.15) is 6.26 Å². The molecule has 3 rings (SSSR count). The molecule has 2 aromatic rings. The van der Waals surface area contributed by atoms with E-state index < -0.39 is 11.8 Å². The maximum absolute atomic E-state index is 13.7. The van der Waals surface area contributed by atoms with Crippen molar-refractivity contribution in [3.63, 3.8) is 0 Å². The SMILES string of the molecule is O=C(Oc1ccc(Br)cc1F)C1CCN(C(=O)c2ccoc2)CC1. The monoisotopic (exact) mass is 395 g/mol. The van der Waals surface area contributed by atoms with Gasteiger partial charge in [-0.05, 0) is 37.1 Å². The molecule has 0 unspecified atom stereocenters. The molecule has 1 aromatic carbocycles. The number of hydrogen-bond donors (Lipinski definition) is 0. The van der Waals surface area contributed by atoms with E-state index >= 15 is 0 Å². The van der Waals surface area contributed by atoms with Crippen molar-refractivity contribution in [1.29, 1.82) is 0 Å². The Bertz CT molecular complexity index is 739. The number of hydrogen-bond acceptors (Lipinski definition) is 4. The number of likely N-dealkylation sites (tertiary alicyclic amines) is 1. The van der Waals surface area contributed by atoms with Crippen LogP contribution in [0.3, 0.4) is 0 Å². The number of carbonyl (C=O) groups is 2. The summed E-state index contributed by atoms with van der Waals surface area (Å²) in [4.78, 5) is 26.1. The summed E-state index contributed by atoms with van der Waals surface area (Å²) in [6.45, 7) is 0.902. The van der Waals surface area contributed by atoms with Crippen molar-refractivity contribution in [1.82, 2.24) is 4.90 Å². The third kappa shape index (κ3) is 3.67. The summed E-state index contributed by atoms with van der Waals surface area (Å²) in [7, 11) is 0. The molecule has 1 aromatic heterocycles. The lowest BCUT2D eigenvalue weighted by Crippen LogP contribution is -2.41. The third-order valence-corrected chi connectivity index (χ3v) is 4.48. The van der Waals surface area contributed by atoms with Crippen LogP contribution in [0.15, 0.2) is 45.7 Å². The van der Waals surface area contributed by atoms with Crippen molar-refractivity contribution in [3.05, 3.63) is 52.6 Å². The lowest BCUT2D eigenvalue weighted by atomic mass is 9.96. The molecule has 126 valence electrons. The van der Waals surface area contributed by atoms with Crippen LogP contribution in [0.1, 0.15) is 23.2 Å². The number of amides is 1. The van der Waals surface area contributed by atoms with Crippen LogP contribution in [0.5, 0.6) is 5.75 Å². The minimum atomic E-state index is -0.592. The summed E-state index contributed by atoms with van der Waals surface area (Å²) in [6, 6.07) is 5.88. The van der Waals surface area contributed by atoms with Gasteiger partial charge in [0.2, 0.25) is 0 Å². The molecule has 0 spiro atoms. The van der Waals surface area contributed by atoms with Crippen molar-refractivity contribution in [2.24, 2.45) is 5.92 Å². The van der Waals surface area contributed by atoms with E-state index in [0.29, 0.717) is 36.0 Å². The van der Waals surface area contributed by atoms with Crippen LogP contribution in [-0.2, 0) is 4.79 Å².